The molecule has 2 aromatic carbocycles. The van der Waals surface area contributed by atoms with Crippen LogP contribution in [0.2, 0.25) is 0 Å². The predicted octanol–water partition coefficient (Wildman–Crippen LogP) is 4.08. The molecule has 25 heavy (non-hydrogen) atoms. The van der Waals surface area contributed by atoms with Crippen LogP contribution in [-0.2, 0) is 12.7 Å². The monoisotopic (exact) mass is 346 g/mol. The first-order valence-electron chi connectivity index (χ1n) is 7.84. The summed E-state index contributed by atoms with van der Waals surface area (Å²) in [4.78, 5) is 3.79. The molecule has 1 heterocycles. The molecule has 0 amide bonds. The maximum atomic E-state index is 12.9. The molecule has 0 aliphatic heterocycles. The van der Waals surface area contributed by atoms with Crippen molar-refractivity contribution in [3.05, 3.63) is 77.6 Å². The van der Waals surface area contributed by atoms with E-state index < -0.39 is 17.8 Å². The molecular formula is C19H17F3N2O. The van der Waals surface area contributed by atoms with E-state index in [1.54, 1.807) is 0 Å². The van der Waals surface area contributed by atoms with E-state index in [0.717, 1.165) is 16.8 Å². The highest BCUT2D eigenvalue weighted by molar-refractivity contribution is 5.83. The molecular weight excluding hydrogens is 329 g/mol. The molecule has 6 heteroatoms. The van der Waals surface area contributed by atoms with Gasteiger partial charge in [-0.2, -0.15) is 13.2 Å². The third-order valence-electron chi connectivity index (χ3n) is 3.98. The van der Waals surface area contributed by atoms with E-state index in [1.807, 2.05) is 42.5 Å². The van der Waals surface area contributed by atoms with Gasteiger partial charge in [0.1, 0.15) is 0 Å². The normalized spacial score (nSPS) is 13.1. The maximum absolute atomic E-state index is 12.9. The number of aliphatic hydroxyl groups is 1. The molecule has 3 aromatic rings. The number of halogens is 3. The van der Waals surface area contributed by atoms with Gasteiger partial charge in [0.05, 0.1) is 17.4 Å². The summed E-state index contributed by atoms with van der Waals surface area (Å²) in [7, 11) is 0. The van der Waals surface area contributed by atoms with Crippen molar-refractivity contribution < 1.29 is 18.3 Å². The number of rotatable bonds is 5. The number of aromatic nitrogens is 1. The second kappa shape index (κ2) is 7.21. The fourth-order valence-electron chi connectivity index (χ4n) is 2.70. The van der Waals surface area contributed by atoms with Crippen LogP contribution >= 0.6 is 0 Å². The Balaban J connectivity index is 1.65. The summed E-state index contributed by atoms with van der Waals surface area (Å²) in [5, 5.41) is 15.2. The number of pyridine rings is 1. The standard InChI is InChI=1S/C19H17F3N2O/c20-19(21,22)16-6-3-9-24-17(16)11-23-12-18(25)15-8-7-13-4-1-2-5-14(13)10-15/h1-10,18,23,25H,11-12H2. The summed E-state index contributed by atoms with van der Waals surface area (Å²) in [5.74, 6) is 0. The van der Waals surface area contributed by atoms with Crippen molar-refractivity contribution in [1.82, 2.24) is 10.3 Å². The molecule has 0 aliphatic rings. The highest BCUT2D eigenvalue weighted by atomic mass is 19.4. The van der Waals surface area contributed by atoms with Crippen LogP contribution in [0.15, 0.2) is 60.8 Å². The average Bonchev–Trinajstić information content (AvgIpc) is 2.60. The number of hydrogen-bond acceptors (Lipinski definition) is 3. The van der Waals surface area contributed by atoms with Crippen LogP contribution in [0.1, 0.15) is 22.9 Å². The molecule has 2 N–H and O–H groups in total. The van der Waals surface area contributed by atoms with Gasteiger partial charge in [-0.3, -0.25) is 4.98 Å². The molecule has 1 aromatic heterocycles. The van der Waals surface area contributed by atoms with Crippen LogP contribution in [0.5, 0.6) is 0 Å². The quantitative estimate of drug-likeness (QED) is 0.732. The van der Waals surface area contributed by atoms with Crippen molar-refractivity contribution in [2.75, 3.05) is 6.54 Å². The highest BCUT2D eigenvalue weighted by Gasteiger charge is 2.33. The Morgan fingerprint density at radius 3 is 2.52 bits per heavy atom. The Hall–Kier alpha value is -2.44. The van der Waals surface area contributed by atoms with Crippen molar-refractivity contribution in [3.63, 3.8) is 0 Å². The SMILES string of the molecule is OC(CNCc1ncccc1C(F)(F)F)c1ccc2ccccc2c1. The Labute approximate surface area is 143 Å². The van der Waals surface area contributed by atoms with Crippen molar-refractivity contribution in [3.8, 4) is 0 Å². The minimum absolute atomic E-state index is 0.0691. The molecule has 0 aliphatic carbocycles. The lowest BCUT2D eigenvalue weighted by Crippen LogP contribution is -2.23. The Morgan fingerprint density at radius 2 is 1.76 bits per heavy atom. The van der Waals surface area contributed by atoms with Gasteiger partial charge < -0.3 is 10.4 Å². The Morgan fingerprint density at radius 1 is 1.00 bits per heavy atom. The number of aliphatic hydroxyl groups excluding tert-OH is 1. The van der Waals surface area contributed by atoms with Crippen LogP contribution < -0.4 is 5.32 Å². The van der Waals surface area contributed by atoms with E-state index >= 15 is 0 Å². The number of nitrogens with zero attached hydrogens (tertiary/aromatic N) is 1. The van der Waals surface area contributed by atoms with Gasteiger partial charge in [-0.15, -0.1) is 0 Å². The first kappa shape index (κ1) is 17.4. The van der Waals surface area contributed by atoms with Gasteiger partial charge in [-0.1, -0.05) is 36.4 Å². The maximum Gasteiger partial charge on any atom is 0.418 e. The number of nitrogens with one attached hydrogen (secondary N) is 1. The minimum Gasteiger partial charge on any atom is -0.387 e. The second-order valence-electron chi connectivity index (χ2n) is 5.75. The lowest BCUT2D eigenvalue weighted by molar-refractivity contribution is -0.138. The van der Waals surface area contributed by atoms with Crippen LogP contribution in [0.3, 0.4) is 0 Å². The van der Waals surface area contributed by atoms with E-state index in [1.165, 1.54) is 12.3 Å². The average molecular weight is 346 g/mol. The van der Waals surface area contributed by atoms with Crippen molar-refractivity contribution >= 4 is 10.8 Å². The lowest BCUT2D eigenvalue weighted by Gasteiger charge is -2.15. The van der Waals surface area contributed by atoms with Crippen molar-refractivity contribution in [2.45, 2.75) is 18.8 Å². The second-order valence-corrected chi connectivity index (χ2v) is 5.75. The zero-order valence-electron chi connectivity index (χ0n) is 13.3. The van der Waals surface area contributed by atoms with Crippen LogP contribution in [0, 0.1) is 0 Å². The molecule has 0 bridgehead atoms. The zero-order valence-corrected chi connectivity index (χ0v) is 13.3. The number of alkyl halides is 3. The van der Waals surface area contributed by atoms with E-state index in [2.05, 4.69) is 10.3 Å². The van der Waals surface area contributed by atoms with Gasteiger partial charge >= 0.3 is 6.18 Å². The predicted molar refractivity (Wildman–Crippen MR) is 89.9 cm³/mol. The lowest BCUT2D eigenvalue weighted by atomic mass is 10.0. The molecule has 130 valence electrons. The van der Waals surface area contributed by atoms with Crippen LogP contribution in [-0.4, -0.2) is 16.6 Å². The number of benzene rings is 2. The van der Waals surface area contributed by atoms with Crippen molar-refractivity contribution in [1.29, 1.82) is 0 Å². The van der Waals surface area contributed by atoms with Gasteiger partial charge in [0, 0.05) is 19.3 Å². The zero-order chi connectivity index (χ0) is 17.9. The van der Waals surface area contributed by atoms with Gasteiger partial charge in [-0.05, 0) is 34.5 Å². The fourth-order valence-corrected chi connectivity index (χ4v) is 2.70. The van der Waals surface area contributed by atoms with Crippen molar-refractivity contribution in [2.24, 2.45) is 0 Å². The minimum atomic E-state index is -4.44. The van der Waals surface area contributed by atoms with Gasteiger partial charge in [0.25, 0.3) is 0 Å². The van der Waals surface area contributed by atoms with Crippen LogP contribution in [0.4, 0.5) is 13.2 Å². The molecule has 0 saturated heterocycles. The Bertz CT molecular complexity index is 864. The molecule has 0 spiro atoms. The number of hydrogen-bond donors (Lipinski definition) is 2. The van der Waals surface area contributed by atoms with Gasteiger partial charge in [0.2, 0.25) is 0 Å². The molecule has 1 unspecified atom stereocenters. The molecule has 3 rings (SSSR count). The number of fused-ring (bicyclic) bond motifs is 1. The summed E-state index contributed by atoms with van der Waals surface area (Å²) in [6, 6.07) is 15.6. The molecule has 3 nitrogen and oxygen atoms in total. The smallest absolute Gasteiger partial charge is 0.387 e. The van der Waals surface area contributed by atoms with Gasteiger partial charge in [-0.25, -0.2) is 0 Å². The summed E-state index contributed by atoms with van der Waals surface area (Å²) in [6.45, 7) is 0.0620. The third-order valence-corrected chi connectivity index (χ3v) is 3.98. The van der Waals surface area contributed by atoms with E-state index in [4.69, 9.17) is 0 Å². The van der Waals surface area contributed by atoms with E-state index in [9.17, 15) is 18.3 Å². The first-order valence-corrected chi connectivity index (χ1v) is 7.84. The summed E-state index contributed by atoms with van der Waals surface area (Å²) in [5.41, 5.74) is -0.133. The van der Waals surface area contributed by atoms with E-state index in [-0.39, 0.29) is 18.8 Å². The van der Waals surface area contributed by atoms with Gasteiger partial charge in [0.15, 0.2) is 0 Å². The van der Waals surface area contributed by atoms with E-state index in [0.29, 0.717) is 5.56 Å². The highest BCUT2D eigenvalue weighted by Crippen LogP contribution is 2.30. The largest absolute Gasteiger partial charge is 0.418 e. The van der Waals surface area contributed by atoms with Crippen LogP contribution in [0.25, 0.3) is 10.8 Å². The summed E-state index contributed by atoms with van der Waals surface area (Å²) in [6.07, 6.45) is -3.93. The molecule has 0 fully saturated rings. The third kappa shape index (κ3) is 4.15. The summed E-state index contributed by atoms with van der Waals surface area (Å²) < 4.78 is 38.8. The first-order chi connectivity index (χ1) is 11.9. The summed E-state index contributed by atoms with van der Waals surface area (Å²) >= 11 is 0. The Kier molecular flexibility index (Phi) is 5.01. The molecule has 1 atom stereocenters. The molecule has 0 saturated carbocycles. The molecule has 0 radical (unpaired) electrons. The fraction of sp³-hybridized carbons (Fsp3) is 0.211. The topological polar surface area (TPSA) is 45.1 Å².